The Balaban J connectivity index is 2.20. The molecule has 1 aromatic rings. The second-order valence-electron chi connectivity index (χ2n) is 4.08. The Labute approximate surface area is 79.4 Å². The van der Waals surface area contributed by atoms with Crippen molar-refractivity contribution in [2.75, 3.05) is 0 Å². The van der Waals surface area contributed by atoms with Crippen molar-refractivity contribution < 1.29 is 0 Å². The Morgan fingerprint density at radius 2 is 2.31 bits per heavy atom. The monoisotopic (exact) mass is 176 g/mol. The summed E-state index contributed by atoms with van der Waals surface area (Å²) in [6.45, 7) is 5.53. The summed E-state index contributed by atoms with van der Waals surface area (Å²) < 4.78 is 0. The van der Waals surface area contributed by atoms with Gasteiger partial charge in [-0.25, -0.2) is 0 Å². The molecule has 1 aliphatic heterocycles. The van der Waals surface area contributed by atoms with E-state index < -0.39 is 0 Å². The van der Waals surface area contributed by atoms with Crippen LogP contribution in [0.1, 0.15) is 25.0 Å². The van der Waals surface area contributed by atoms with Crippen LogP contribution in [0, 0.1) is 5.92 Å². The number of rotatable bonds is 1. The van der Waals surface area contributed by atoms with Crippen LogP contribution in [0.25, 0.3) is 0 Å². The number of hydrogen-bond donors (Lipinski definition) is 1. The Bertz CT molecular complexity index is 294. The summed E-state index contributed by atoms with van der Waals surface area (Å²) >= 11 is 0. The zero-order valence-electron chi connectivity index (χ0n) is 8.25. The van der Waals surface area contributed by atoms with Gasteiger partial charge < -0.3 is 5.32 Å². The van der Waals surface area contributed by atoms with Crippen LogP contribution >= 0.6 is 0 Å². The topological polar surface area (TPSA) is 24.9 Å². The summed E-state index contributed by atoms with van der Waals surface area (Å²) in [7, 11) is 0. The highest BCUT2D eigenvalue weighted by molar-refractivity contribution is 5.26. The molecule has 2 rings (SSSR count). The van der Waals surface area contributed by atoms with Gasteiger partial charge in [-0.05, 0) is 29.5 Å². The minimum atomic E-state index is 0.622. The Morgan fingerprint density at radius 3 is 3.08 bits per heavy atom. The fourth-order valence-corrected chi connectivity index (χ4v) is 1.83. The normalized spacial score (nSPS) is 21.6. The van der Waals surface area contributed by atoms with Crippen LogP contribution in [0.2, 0.25) is 0 Å². The maximum Gasteiger partial charge on any atom is 0.0303 e. The van der Waals surface area contributed by atoms with Crippen LogP contribution in [0.5, 0.6) is 0 Å². The van der Waals surface area contributed by atoms with Gasteiger partial charge in [0.15, 0.2) is 0 Å². The first-order chi connectivity index (χ1) is 6.27. The smallest absolute Gasteiger partial charge is 0.0303 e. The summed E-state index contributed by atoms with van der Waals surface area (Å²) in [5, 5.41) is 3.55. The first-order valence-electron chi connectivity index (χ1n) is 4.92. The van der Waals surface area contributed by atoms with Gasteiger partial charge in [0, 0.05) is 25.0 Å². The van der Waals surface area contributed by atoms with Crippen LogP contribution < -0.4 is 5.32 Å². The van der Waals surface area contributed by atoms with E-state index in [4.69, 9.17) is 0 Å². The van der Waals surface area contributed by atoms with Crippen molar-refractivity contribution in [1.82, 2.24) is 10.3 Å². The second-order valence-corrected chi connectivity index (χ2v) is 4.08. The van der Waals surface area contributed by atoms with E-state index in [-0.39, 0.29) is 0 Å². The molecule has 1 aromatic heterocycles. The fourth-order valence-electron chi connectivity index (χ4n) is 1.83. The van der Waals surface area contributed by atoms with Crippen LogP contribution in [0.3, 0.4) is 0 Å². The van der Waals surface area contributed by atoms with Crippen molar-refractivity contribution in [1.29, 1.82) is 0 Å². The lowest BCUT2D eigenvalue weighted by atomic mass is 9.91. The largest absolute Gasteiger partial charge is 0.309 e. The zero-order valence-corrected chi connectivity index (χ0v) is 8.25. The van der Waals surface area contributed by atoms with Crippen LogP contribution in [0.15, 0.2) is 18.5 Å². The van der Waals surface area contributed by atoms with Crippen molar-refractivity contribution >= 4 is 0 Å². The third kappa shape index (κ3) is 1.73. The van der Waals surface area contributed by atoms with Gasteiger partial charge >= 0.3 is 0 Å². The lowest BCUT2D eigenvalue weighted by Gasteiger charge is -2.28. The summed E-state index contributed by atoms with van der Waals surface area (Å²) in [5.41, 5.74) is 2.83. The maximum absolute atomic E-state index is 4.16. The lowest BCUT2D eigenvalue weighted by Crippen LogP contribution is -2.39. The van der Waals surface area contributed by atoms with E-state index in [0.29, 0.717) is 12.0 Å². The molecule has 13 heavy (non-hydrogen) atoms. The molecule has 0 bridgehead atoms. The standard InChI is InChI=1S/C11H16N2/c1-8(2)11-5-10-6-12-4-3-9(10)7-13-11/h3-4,6,8,11,13H,5,7H2,1-2H3. The summed E-state index contributed by atoms with van der Waals surface area (Å²) in [5.74, 6) is 0.702. The minimum absolute atomic E-state index is 0.622. The van der Waals surface area contributed by atoms with E-state index >= 15 is 0 Å². The molecule has 0 aromatic carbocycles. The van der Waals surface area contributed by atoms with Crippen LogP contribution in [-0.4, -0.2) is 11.0 Å². The average molecular weight is 176 g/mol. The Hall–Kier alpha value is -0.890. The van der Waals surface area contributed by atoms with Gasteiger partial charge in [-0.3, -0.25) is 4.98 Å². The molecule has 0 radical (unpaired) electrons. The predicted octanol–water partition coefficient (Wildman–Crippen LogP) is 1.75. The molecule has 1 N–H and O–H groups in total. The number of pyridine rings is 1. The van der Waals surface area contributed by atoms with Crippen molar-refractivity contribution in [2.45, 2.75) is 32.9 Å². The molecule has 70 valence electrons. The van der Waals surface area contributed by atoms with Gasteiger partial charge in [-0.15, -0.1) is 0 Å². The maximum atomic E-state index is 4.16. The molecule has 0 saturated heterocycles. The molecule has 0 saturated carbocycles. The Morgan fingerprint density at radius 1 is 1.46 bits per heavy atom. The first kappa shape index (κ1) is 8.70. The number of nitrogens with zero attached hydrogens (tertiary/aromatic N) is 1. The SMILES string of the molecule is CC(C)C1Cc2cnccc2CN1. The third-order valence-corrected chi connectivity index (χ3v) is 2.80. The molecule has 0 fully saturated rings. The molecule has 0 spiro atoms. The van der Waals surface area contributed by atoms with Crippen LogP contribution in [-0.2, 0) is 13.0 Å². The van der Waals surface area contributed by atoms with Gasteiger partial charge in [0.2, 0.25) is 0 Å². The molecule has 2 nitrogen and oxygen atoms in total. The van der Waals surface area contributed by atoms with Gasteiger partial charge in [-0.1, -0.05) is 13.8 Å². The highest BCUT2D eigenvalue weighted by Crippen LogP contribution is 2.18. The minimum Gasteiger partial charge on any atom is -0.309 e. The van der Waals surface area contributed by atoms with E-state index in [1.807, 2.05) is 12.4 Å². The van der Waals surface area contributed by atoms with Gasteiger partial charge in [0.1, 0.15) is 0 Å². The molecular weight excluding hydrogens is 160 g/mol. The number of fused-ring (bicyclic) bond motifs is 1. The zero-order chi connectivity index (χ0) is 9.26. The molecule has 1 aliphatic rings. The molecule has 0 aliphatic carbocycles. The van der Waals surface area contributed by atoms with E-state index in [2.05, 4.69) is 30.2 Å². The molecular formula is C11H16N2. The summed E-state index contributed by atoms with van der Waals surface area (Å²) in [4.78, 5) is 4.16. The molecule has 2 heterocycles. The van der Waals surface area contributed by atoms with Crippen molar-refractivity contribution in [3.63, 3.8) is 0 Å². The second kappa shape index (κ2) is 3.46. The van der Waals surface area contributed by atoms with E-state index in [0.717, 1.165) is 13.0 Å². The van der Waals surface area contributed by atoms with Gasteiger partial charge in [-0.2, -0.15) is 0 Å². The summed E-state index contributed by atoms with van der Waals surface area (Å²) in [6.07, 6.45) is 5.00. The van der Waals surface area contributed by atoms with Crippen molar-refractivity contribution in [3.05, 3.63) is 29.6 Å². The predicted molar refractivity (Wildman–Crippen MR) is 53.4 cm³/mol. The molecule has 1 atom stereocenters. The Kier molecular flexibility index (Phi) is 2.32. The fraction of sp³-hybridized carbons (Fsp3) is 0.545. The third-order valence-electron chi connectivity index (χ3n) is 2.80. The van der Waals surface area contributed by atoms with Gasteiger partial charge in [0.25, 0.3) is 0 Å². The molecule has 1 unspecified atom stereocenters. The highest BCUT2D eigenvalue weighted by atomic mass is 14.9. The number of nitrogens with one attached hydrogen (secondary N) is 1. The quantitative estimate of drug-likeness (QED) is 0.705. The van der Waals surface area contributed by atoms with Crippen molar-refractivity contribution in [3.8, 4) is 0 Å². The number of hydrogen-bond acceptors (Lipinski definition) is 2. The molecule has 0 amide bonds. The molecule has 2 heteroatoms. The lowest BCUT2D eigenvalue weighted by molar-refractivity contribution is 0.377. The van der Waals surface area contributed by atoms with E-state index in [1.165, 1.54) is 11.1 Å². The average Bonchev–Trinajstić information content (AvgIpc) is 2.17. The number of aromatic nitrogens is 1. The van der Waals surface area contributed by atoms with Crippen LogP contribution in [0.4, 0.5) is 0 Å². The first-order valence-corrected chi connectivity index (χ1v) is 4.92. The summed E-state index contributed by atoms with van der Waals surface area (Å²) in [6, 6.07) is 2.73. The van der Waals surface area contributed by atoms with E-state index in [9.17, 15) is 0 Å². The highest BCUT2D eigenvalue weighted by Gasteiger charge is 2.19. The van der Waals surface area contributed by atoms with E-state index in [1.54, 1.807) is 0 Å². The van der Waals surface area contributed by atoms with Gasteiger partial charge in [0.05, 0.1) is 0 Å². The van der Waals surface area contributed by atoms with Crippen molar-refractivity contribution in [2.24, 2.45) is 5.92 Å².